The van der Waals surface area contributed by atoms with E-state index in [1.165, 1.54) is 60.1 Å². The number of hydrogen-bond acceptors (Lipinski definition) is 1. The highest BCUT2D eigenvalue weighted by Crippen LogP contribution is 2.34. The van der Waals surface area contributed by atoms with Crippen LogP contribution in [-0.4, -0.2) is 6.61 Å². The molecule has 0 unspecified atom stereocenters. The maximum Gasteiger partial charge on any atom is 0.134 e. The van der Waals surface area contributed by atoms with Crippen LogP contribution in [0.4, 0.5) is 0 Å². The Morgan fingerprint density at radius 1 is 0.667 bits per heavy atom. The second-order valence-electron chi connectivity index (χ2n) is 6.62. The van der Waals surface area contributed by atoms with E-state index in [0.29, 0.717) is 0 Å². The third-order valence-corrected chi connectivity index (χ3v) is 4.72. The first-order valence-electron chi connectivity index (χ1n) is 9.43. The summed E-state index contributed by atoms with van der Waals surface area (Å²) in [5.74, 6) is 1.05. The zero-order valence-corrected chi connectivity index (χ0v) is 14.8. The molecule has 3 rings (SSSR count). The highest BCUT2D eigenvalue weighted by molar-refractivity contribution is 6.05. The van der Waals surface area contributed by atoms with Crippen molar-refractivity contribution < 1.29 is 4.74 Å². The number of ether oxygens (including phenoxy) is 1. The summed E-state index contributed by atoms with van der Waals surface area (Å²) in [6, 6.07) is 19.3. The van der Waals surface area contributed by atoms with Gasteiger partial charge in [0.2, 0.25) is 0 Å². The van der Waals surface area contributed by atoms with Crippen LogP contribution in [0.15, 0.2) is 54.6 Å². The highest BCUT2D eigenvalue weighted by atomic mass is 16.5. The number of benzene rings is 3. The number of unbranched alkanes of at least 4 members (excludes halogenated alkanes) is 6. The second kappa shape index (κ2) is 8.73. The zero-order chi connectivity index (χ0) is 16.6. The Morgan fingerprint density at radius 2 is 1.21 bits per heavy atom. The van der Waals surface area contributed by atoms with Gasteiger partial charge < -0.3 is 4.74 Å². The fraction of sp³-hybridized carbons (Fsp3) is 0.391. The van der Waals surface area contributed by atoms with E-state index >= 15 is 0 Å². The molecular weight excluding hydrogens is 292 g/mol. The minimum absolute atomic E-state index is 0.811. The van der Waals surface area contributed by atoms with Crippen LogP contribution < -0.4 is 4.74 Å². The molecule has 0 aliphatic rings. The van der Waals surface area contributed by atoms with Crippen LogP contribution in [0.2, 0.25) is 0 Å². The smallest absolute Gasteiger partial charge is 0.134 e. The van der Waals surface area contributed by atoms with Crippen molar-refractivity contribution in [3.05, 3.63) is 54.6 Å². The normalized spacial score (nSPS) is 11.2. The minimum Gasteiger partial charge on any atom is -0.492 e. The van der Waals surface area contributed by atoms with E-state index in [0.717, 1.165) is 18.8 Å². The van der Waals surface area contributed by atoms with Gasteiger partial charge in [-0.2, -0.15) is 0 Å². The van der Waals surface area contributed by atoms with Crippen LogP contribution in [0.3, 0.4) is 0 Å². The van der Waals surface area contributed by atoms with Gasteiger partial charge in [-0.1, -0.05) is 94.0 Å². The van der Waals surface area contributed by atoms with Crippen molar-refractivity contribution in [1.82, 2.24) is 0 Å². The Balaban J connectivity index is 1.66. The van der Waals surface area contributed by atoms with Crippen LogP contribution in [-0.2, 0) is 0 Å². The van der Waals surface area contributed by atoms with Crippen LogP contribution in [0, 0.1) is 0 Å². The lowest BCUT2D eigenvalue weighted by molar-refractivity contribution is 0.311. The first-order valence-corrected chi connectivity index (χ1v) is 9.43. The monoisotopic (exact) mass is 320 g/mol. The standard InChI is InChI=1S/C23H28O/c1-2-3-4-5-6-7-12-17-24-23-21-15-10-8-13-19(21)18-20-14-9-11-16-22(20)23/h8-11,13-16,18H,2-7,12,17H2,1H3. The molecule has 0 atom stereocenters. The van der Waals surface area contributed by atoms with Gasteiger partial charge in [0.15, 0.2) is 0 Å². The second-order valence-corrected chi connectivity index (χ2v) is 6.62. The summed E-state index contributed by atoms with van der Waals surface area (Å²) in [6.45, 7) is 3.08. The molecule has 0 aliphatic heterocycles. The summed E-state index contributed by atoms with van der Waals surface area (Å²) in [5, 5.41) is 4.95. The molecule has 0 heterocycles. The molecule has 0 saturated carbocycles. The predicted octanol–water partition coefficient (Wildman–Crippen LogP) is 7.12. The Hall–Kier alpha value is -2.02. The van der Waals surface area contributed by atoms with Crippen molar-refractivity contribution in [3.63, 3.8) is 0 Å². The SMILES string of the molecule is CCCCCCCCCOc1c2ccccc2cc2ccccc12. The molecule has 1 nitrogen and oxygen atoms in total. The summed E-state index contributed by atoms with van der Waals surface area (Å²) in [4.78, 5) is 0. The van der Waals surface area contributed by atoms with Crippen molar-refractivity contribution in [2.75, 3.05) is 6.61 Å². The molecule has 0 saturated heterocycles. The summed E-state index contributed by atoms with van der Waals surface area (Å²) in [6.07, 6.45) is 9.18. The van der Waals surface area contributed by atoms with Crippen molar-refractivity contribution >= 4 is 21.5 Å². The zero-order valence-electron chi connectivity index (χ0n) is 14.8. The molecule has 126 valence electrons. The Labute approximate surface area is 145 Å². The lowest BCUT2D eigenvalue weighted by atomic mass is 10.0. The number of hydrogen-bond donors (Lipinski definition) is 0. The largest absolute Gasteiger partial charge is 0.492 e. The molecule has 0 N–H and O–H groups in total. The van der Waals surface area contributed by atoms with Crippen LogP contribution in [0.25, 0.3) is 21.5 Å². The van der Waals surface area contributed by atoms with E-state index < -0.39 is 0 Å². The highest BCUT2D eigenvalue weighted by Gasteiger charge is 2.08. The first-order chi connectivity index (χ1) is 11.9. The van der Waals surface area contributed by atoms with Crippen molar-refractivity contribution in [2.24, 2.45) is 0 Å². The van der Waals surface area contributed by atoms with E-state index in [1.807, 2.05) is 0 Å². The van der Waals surface area contributed by atoms with Crippen molar-refractivity contribution in [2.45, 2.75) is 51.9 Å². The summed E-state index contributed by atoms with van der Waals surface area (Å²) >= 11 is 0. The van der Waals surface area contributed by atoms with E-state index in [2.05, 4.69) is 61.5 Å². The van der Waals surface area contributed by atoms with Crippen LogP contribution >= 0.6 is 0 Å². The van der Waals surface area contributed by atoms with Gasteiger partial charge in [0.1, 0.15) is 5.75 Å². The molecule has 0 radical (unpaired) electrons. The number of fused-ring (bicyclic) bond motifs is 2. The van der Waals surface area contributed by atoms with Gasteiger partial charge in [-0.3, -0.25) is 0 Å². The topological polar surface area (TPSA) is 9.23 Å². The molecular formula is C23H28O. The first kappa shape index (κ1) is 16.8. The lowest BCUT2D eigenvalue weighted by Crippen LogP contribution is -1.99. The fourth-order valence-corrected chi connectivity index (χ4v) is 3.36. The third kappa shape index (κ3) is 4.08. The van der Waals surface area contributed by atoms with Gasteiger partial charge in [-0.05, 0) is 23.3 Å². The van der Waals surface area contributed by atoms with Gasteiger partial charge >= 0.3 is 0 Å². The maximum atomic E-state index is 6.26. The number of rotatable bonds is 9. The molecule has 3 aromatic carbocycles. The van der Waals surface area contributed by atoms with Gasteiger partial charge in [0.25, 0.3) is 0 Å². The molecule has 0 aliphatic carbocycles. The van der Waals surface area contributed by atoms with Crippen LogP contribution in [0.1, 0.15) is 51.9 Å². The van der Waals surface area contributed by atoms with E-state index in [1.54, 1.807) is 0 Å². The molecule has 0 fully saturated rings. The molecule has 0 aromatic heterocycles. The summed E-state index contributed by atoms with van der Waals surface area (Å²) < 4.78 is 6.26. The maximum absolute atomic E-state index is 6.26. The molecule has 0 bridgehead atoms. The molecule has 0 spiro atoms. The van der Waals surface area contributed by atoms with Gasteiger partial charge in [0, 0.05) is 10.8 Å². The van der Waals surface area contributed by atoms with Gasteiger partial charge in [-0.25, -0.2) is 0 Å². The summed E-state index contributed by atoms with van der Waals surface area (Å²) in [7, 11) is 0. The quantitative estimate of drug-likeness (QED) is 0.301. The molecule has 24 heavy (non-hydrogen) atoms. The summed E-state index contributed by atoms with van der Waals surface area (Å²) in [5.41, 5.74) is 0. The minimum atomic E-state index is 0.811. The molecule has 3 aromatic rings. The van der Waals surface area contributed by atoms with Crippen molar-refractivity contribution in [1.29, 1.82) is 0 Å². The van der Waals surface area contributed by atoms with E-state index in [9.17, 15) is 0 Å². The average Bonchev–Trinajstić information content (AvgIpc) is 2.63. The Morgan fingerprint density at radius 3 is 1.83 bits per heavy atom. The van der Waals surface area contributed by atoms with Gasteiger partial charge in [0.05, 0.1) is 6.61 Å². The average molecular weight is 320 g/mol. The fourth-order valence-electron chi connectivity index (χ4n) is 3.36. The predicted molar refractivity (Wildman–Crippen MR) is 105 cm³/mol. The lowest BCUT2D eigenvalue weighted by Gasteiger charge is -2.13. The van der Waals surface area contributed by atoms with Crippen molar-refractivity contribution in [3.8, 4) is 5.75 Å². The van der Waals surface area contributed by atoms with E-state index in [-0.39, 0.29) is 0 Å². The Kier molecular flexibility index (Phi) is 6.12. The molecule has 1 heteroatoms. The molecule has 0 amide bonds. The third-order valence-electron chi connectivity index (χ3n) is 4.72. The van der Waals surface area contributed by atoms with Crippen LogP contribution in [0.5, 0.6) is 5.75 Å². The Bertz CT molecular complexity index is 721. The van der Waals surface area contributed by atoms with E-state index in [4.69, 9.17) is 4.74 Å². The van der Waals surface area contributed by atoms with Gasteiger partial charge in [-0.15, -0.1) is 0 Å².